The number of hydrogen-bond donors (Lipinski definition) is 1. The minimum absolute atomic E-state index is 0.210. The van der Waals surface area contributed by atoms with E-state index in [0.717, 1.165) is 0 Å². The Morgan fingerprint density at radius 2 is 2.15 bits per heavy atom. The van der Waals surface area contributed by atoms with E-state index >= 15 is 0 Å². The van der Waals surface area contributed by atoms with Crippen LogP contribution in [0.1, 0.15) is 0 Å². The number of aromatic nitrogens is 2. The fourth-order valence-corrected chi connectivity index (χ4v) is 2.06. The molecule has 0 spiro atoms. The van der Waals surface area contributed by atoms with E-state index in [2.05, 4.69) is 10.3 Å². The summed E-state index contributed by atoms with van der Waals surface area (Å²) in [6.45, 7) is 0. The Hall–Kier alpha value is -2.89. The van der Waals surface area contributed by atoms with Gasteiger partial charge in [-0.15, -0.1) is 0 Å². The van der Waals surface area contributed by atoms with Crippen molar-refractivity contribution < 1.29 is 9.53 Å². The lowest BCUT2D eigenvalue weighted by molar-refractivity contribution is -0.105. The number of rotatable bonds is 3. The van der Waals surface area contributed by atoms with Crippen molar-refractivity contribution in [1.29, 1.82) is 0 Å². The lowest BCUT2D eigenvalue weighted by atomic mass is 10.2. The molecule has 1 N–H and O–H groups in total. The van der Waals surface area contributed by atoms with Crippen LogP contribution >= 0.6 is 0 Å². The van der Waals surface area contributed by atoms with Gasteiger partial charge < -0.3 is 10.1 Å². The van der Waals surface area contributed by atoms with Crippen molar-refractivity contribution >= 4 is 28.6 Å². The third-order valence-electron chi connectivity index (χ3n) is 3.04. The molecule has 0 unspecified atom stereocenters. The molecule has 3 rings (SSSR count). The van der Waals surface area contributed by atoms with Gasteiger partial charge in [-0.3, -0.25) is 14.0 Å². The third kappa shape index (κ3) is 1.87. The summed E-state index contributed by atoms with van der Waals surface area (Å²) in [5.41, 5.74) is 1.44. The maximum Gasteiger partial charge on any atom is 0.265 e. The molecule has 0 aliphatic heterocycles. The molecule has 1 aromatic carbocycles. The second-order valence-corrected chi connectivity index (χ2v) is 4.21. The van der Waals surface area contributed by atoms with Crippen molar-refractivity contribution in [3.8, 4) is 5.75 Å². The SMILES string of the molecule is COc1ccc2nc3ccc(NC=O)cn3c(=O)c2c1. The first-order valence-electron chi connectivity index (χ1n) is 5.93. The highest BCUT2D eigenvalue weighted by Crippen LogP contribution is 2.17. The van der Waals surface area contributed by atoms with Gasteiger partial charge in [0.2, 0.25) is 6.41 Å². The zero-order valence-electron chi connectivity index (χ0n) is 10.7. The van der Waals surface area contributed by atoms with E-state index in [9.17, 15) is 9.59 Å². The molecule has 0 fully saturated rings. The molecule has 3 aromatic rings. The first-order valence-corrected chi connectivity index (χ1v) is 5.93. The number of amides is 1. The Bertz CT molecular complexity index is 871. The zero-order chi connectivity index (χ0) is 14.1. The molecular formula is C14H11N3O3. The van der Waals surface area contributed by atoms with E-state index in [0.29, 0.717) is 34.4 Å². The van der Waals surface area contributed by atoms with Crippen LogP contribution in [0.4, 0.5) is 5.69 Å². The molecule has 2 heterocycles. The number of methoxy groups -OCH3 is 1. The van der Waals surface area contributed by atoms with Gasteiger partial charge in [0, 0.05) is 6.20 Å². The monoisotopic (exact) mass is 269 g/mol. The predicted octanol–water partition coefficient (Wildman–Crippen LogP) is 1.42. The summed E-state index contributed by atoms with van der Waals surface area (Å²) in [7, 11) is 1.54. The number of carbonyl (C=O) groups excluding carboxylic acids is 1. The topological polar surface area (TPSA) is 72.7 Å². The minimum Gasteiger partial charge on any atom is -0.497 e. The van der Waals surface area contributed by atoms with E-state index in [1.54, 1.807) is 37.4 Å². The van der Waals surface area contributed by atoms with E-state index in [1.165, 1.54) is 10.6 Å². The molecule has 0 saturated carbocycles. The zero-order valence-corrected chi connectivity index (χ0v) is 10.7. The van der Waals surface area contributed by atoms with Gasteiger partial charge in [-0.05, 0) is 30.3 Å². The van der Waals surface area contributed by atoms with Crippen molar-refractivity contribution in [3.63, 3.8) is 0 Å². The van der Waals surface area contributed by atoms with Crippen LogP contribution in [-0.4, -0.2) is 22.9 Å². The van der Waals surface area contributed by atoms with Gasteiger partial charge in [0.1, 0.15) is 11.4 Å². The van der Waals surface area contributed by atoms with Crippen molar-refractivity contribution in [3.05, 3.63) is 46.9 Å². The molecule has 20 heavy (non-hydrogen) atoms. The normalized spacial score (nSPS) is 10.7. The quantitative estimate of drug-likeness (QED) is 0.576. The van der Waals surface area contributed by atoms with Gasteiger partial charge in [-0.1, -0.05) is 0 Å². The highest BCUT2D eigenvalue weighted by Gasteiger charge is 2.07. The fraction of sp³-hybridized carbons (Fsp3) is 0.0714. The second-order valence-electron chi connectivity index (χ2n) is 4.21. The first-order chi connectivity index (χ1) is 9.72. The molecule has 0 aliphatic carbocycles. The number of hydrogen-bond acceptors (Lipinski definition) is 4. The van der Waals surface area contributed by atoms with Crippen LogP contribution in [0.3, 0.4) is 0 Å². The number of carbonyl (C=O) groups is 1. The summed E-state index contributed by atoms with van der Waals surface area (Å²) in [6.07, 6.45) is 2.10. The van der Waals surface area contributed by atoms with Crippen LogP contribution in [0.5, 0.6) is 5.75 Å². The Morgan fingerprint density at radius 1 is 1.30 bits per heavy atom. The van der Waals surface area contributed by atoms with Gasteiger partial charge in [0.15, 0.2) is 0 Å². The molecule has 2 aromatic heterocycles. The maximum absolute atomic E-state index is 12.5. The van der Waals surface area contributed by atoms with E-state index in [-0.39, 0.29) is 5.56 Å². The number of fused-ring (bicyclic) bond motifs is 2. The van der Waals surface area contributed by atoms with Crippen LogP contribution < -0.4 is 15.6 Å². The maximum atomic E-state index is 12.5. The van der Waals surface area contributed by atoms with Gasteiger partial charge in [-0.2, -0.15) is 0 Å². The molecular weight excluding hydrogens is 258 g/mol. The van der Waals surface area contributed by atoms with Crippen molar-refractivity contribution in [2.75, 3.05) is 12.4 Å². The molecule has 6 nitrogen and oxygen atoms in total. The Morgan fingerprint density at radius 3 is 2.90 bits per heavy atom. The number of ether oxygens (including phenoxy) is 1. The summed E-state index contributed by atoms with van der Waals surface area (Å²) < 4.78 is 6.51. The number of pyridine rings is 1. The highest BCUT2D eigenvalue weighted by atomic mass is 16.5. The Balaban J connectivity index is 2.36. The van der Waals surface area contributed by atoms with E-state index in [1.807, 2.05) is 0 Å². The van der Waals surface area contributed by atoms with Gasteiger partial charge in [0.25, 0.3) is 5.56 Å². The van der Waals surface area contributed by atoms with Gasteiger partial charge in [0.05, 0.1) is 23.7 Å². The average molecular weight is 269 g/mol. The standard InChI is InChI=1S/C14H11N3O3/c1-20-10-3-4-12-11(6-10)14(19)17-7-9(15-8-18)2-5-13(17)16-12/h2-8H,1H3,(H,15,18). The second kappa shape index (κ2) is 4.65. The van der Waals surface area contributed by atoms with Crippen molar-refractivity contribution in [1.82, 2.24) is 9.38 Å². The molecule has 100 valence electrons. The number of benzene rings is 1. The molecule has 0 bridgehead atoms. The average Bonchev–Trinajstić information content (AvgIpc) is 2.48. The largest absolute Gasteiger partial charge is 0.497 e. The van der Waals surface area contributed by atoms with Crippen LogP contribution in [0.15, 0.2) is 41.3 Å². The molecule has 0 aliphatic rings. The number of anilines is 1. The van der Waals surface area contributed by atoms with E-state index < -0.39 is 0 Å². The third-order valence-corrected chi connectivity index (χ3v) is 3.04. The van der Waals surface area contributed by atoms with Crippen molar-refractivity contribution in [2.24, 2.45) is 0 Å². The lowest BCUT2D eigenvalue weighted by Crippen LogP contribution is -2.15. The van der Waals surface area contributed by atoms with Gasteiger partial charge in [-0.25, -0.2) is 4.98 Å². The predicted molar refractivity (Wildman–Crippen MR) is 75.2 cm³/mol. The van der Waals surface area contributed by atoms with Crippen LogP contribution in [0, 0.1) is 0 Å². The van der Waals surface area contributed by atoms with Crippen LogP contribution in [-0.2, 0) is 4.79 Å². The number of nitrogens with one attached hydrogen (secondary N) is 1. The summed E-state index contributed by atoms with van der Waals surface area (Å²) >= 11 is 0. The molecule has 1 amide bonds. The number of nitrogens with zero attached hydrogens (tertiary/aromatic N) is 2. The summed E-state index contributed by atoms with van der Waals surface area (Å²) in [5, 5.41) is 2.97. The molecule has 0 atom stereocenters. The smallest absolute Gasteiger partial charge is 0.265 e. The Kier molecular flexibility index (Phi) is 2.83. The summed E-state index contributed by atoms with van der Waals surface area (Å²) in [4.78, 5) is 27.3. The van der Waals surface area contributed by atoms with Crippen molar-refractivity contribution in [2.45, 2.75) is 0 Å². The summed E-state index contributed by atoms with van der Waals surface area (Å²) in [5.74, 6) is 0.596. The first kappa shape index (κ1) is 12.2. The fourth-order valence-electron chi connectivity index (χ4n) is 2.06. The summed E-state index contributed by atoms with van der Waals surface area (Å²) in [6, 6.07) is 8.51. The Labute approximate surface area is 113 Å². The molecule has 0 radical (unpaired) electrons. The van der Waals surface area contributed by atoms with Gasteiger partial charge >= 0.3 is 0 Å². The van der Waals surface area contributed by atoms with E-state index in [4.69, 9.17) is 4.74 Å². The van der Waals surface area contributed by atoms with Crippen LogP contribution in [0.25, 0.3) is 16.6 Å². The van der Waals surface area contributed by atoms with Crippen LogP contribution in [0.2, 0.25) is 0 Å². The minimum atomic E-state index is -0.210. The highest BCUT2D eigenvalue weighted by molar-refractivity contribution is 5.81. The molecule has 0 saturated heterocycles. The molecule has 6 heteroatoms. The lowest BCUT2D eigenvalue weighted by Gasteiger charge is -2.06.